The zero-order valence-electron chi connectivity index (χ0n) is 16.0. The van der Waals surface area contributed by atoms with Crippen molar-refractivity contribution in [3.8, 4) is 16.3 Å². The fourth-order valence-electron chi connectivity index (χ4n) is 3.57. The molecule has 0 fully saturated rings. The number of alkyl halides is 3. The molecule has 1 aromatic heterocycles. The van der Waals surface area contributed by atoms with Crippen LogP contribution < -0.4 is 4.74 Å². The van der Waals surface area contributed by atoms with Crippen molar-refractivity contribution in [2.75, 3.05) is 20.2 Å². The van der Waals surface area contributed by atoms with Crippen molar-refractivity contribution in [3.63, 3.8) is 0 Å². The second kappa shape index (κ2) is 8.16. The average Bonchev–Trinajstić information content (AvgIpc) is 3.08. The normalized spacial score (nSPS) is 15.0. The molecule has 4 rings (SSSR count). The largest absolute Gasteiger partial charge is 0.497 e. The Bertz CT molecular complexity index is 982. The van der Waals surface area contributed by atoms with Crippen molar-refractivity contribution >= 4 is 11.3 Å². The van der Waals surface area contributed by atoms with Crippen molar-refractivity contribution in [1.29, 1.82) is 0 Å². The molecule has 2 heterocycles. The summed E-state index contributed by atoms with van der Waals surface area (Å²) in [5.74, 6) is 0.890. The highest BCUT2D eigenvalue weighted by Crippen LogP contribution is 2.32. The Kier molecular flexibility index (Phi) is 5.61. The zero-order valence-corrected chi connectivity index (χ0v) is 16.8. The monoisotopic (exact) mass is 418 g/mol. The maximum absolute atomic E-state index is 12.7. The molecule has 0 radical (unpaired) electrons. The Morgan fingerprint density at radius 1 is 1.03 bits per heavy atom. The Morgan fingerprint density at radius 2 is 1.76 bits per heavy atom. The van der Waals surface area contributed by atoms with Gasteiger partial charge in [0.15, 0.2) is 0 Å². The fraction of sp³-hybridized carbons (Fsp3) is 0.318. The number of aromatic nitrogens is 1. The SMILES string of the molecule is COc1ccc2c(c1)CCN(Cc1cnc(-c3ccc(C(F)(F)F)cc3)s1)CC2. The van der Waals surface area contributed by atoms with Crippen LogP contribution in [0.5, 0.6) is 5.75 Å². The third-order valence-electron chi connectivity index (χ3n) is 5.20. The van der Waals surface area contributed by atoms with Gasteiger partial charge in [-0.05, 0) is 48.2 Å². The molecule has 0 atom stereocenters. The molecule has 1 aliphatic rings. The first-order chi connectivity index (χ1) is 13.9. The Morgan fingerprint density at radius 3 is 2.45 bits per heavy atom. The average molecular weight is 418 g/mol. The third kappa shape index (κ3) is 4.62. The molecule has 3 aromatic rings. The van der Waals surface area contributed by atoms with Crippen LogP contribution in [0.4, 0.5) is 13.2 Å². The molecule has 0 spiro atoms. The predicted octanol–water partition coefficient (Wildman–Crippen LogP) is 5.44. The lowest BCUT2D eigenvalue weighted by atomic mass is 10.0. The summed E-state index contributed by atoms with van der Waals surface area (Å²) in [5.41, 5.74) is 2.77. The van der Waals surface area contributed by atoms with E-state index in [-0.39, 0.29) is 0 Å². The highest BCUT2D eigenvalue weighted by atomic mass is 32.1. The maximum Gasteiger partial charge on any atom is 0.416 e. The summed E-state index contributed by atoms with van der Waals surface area (Å²) in [6.07, 6.45) is -0.527. The molecule has 1 aliphatic heterocycles. The molecule has 152 valence electrons. The van der Waals surface area contributed by atoms with E-state index in [0.29, 0.717) is 5.56 Å². The van der Waals surface area contributed by atoms with Gasteiger partial charge in [0.1, 0.15) is 10.8 Å². The van der Waals surface area contributed by atoms with Gasteiger partial charge in [0.2, 0.25) is 0 Å². The lowest BCUT2D eigenvalue weighted by molar-refractivity contribution is -0.137. The van der Waals surface area contributed by atoms with Crippen LogP contribution in [0.1, 0.15) is 21.6 Å². The van der Waals surface area contributed by atoms with Gasteiger partial charge in [-0.15, -0.1) is 11.3 Å². The summed E-state index contributed by atoms with van der Waals surface area (Å²) in [6, 6.07) is 11.5. The van der Waals surface area contributed by atoms with E-state index in [9.17, 15) is 13.2 Å². The van der Waals surface area contributed by atoms with Gasteiger partial charge in [-0.1, -0.05) is 18.2 Å². The Labute approximate surface area is 171 Å². The zero-order chi connectivity index (χ0) is 20.4. The standard InChI is InChI=1S/C22H21F3N2OS/c1-28-19-7-4-15-8-10-27(11-9-17(15)12-19)14-20-13-26-21(29-20)16-2-5-18(6-3-16)22(23,24)25/h2-7,12-13H,8-11,14H2,1H3. The smallest absolute Gasteiger partial charge is 0.416 e. The number of hydrogen-bond donors (Lipinski definition) is 0. The van der Waals surface area contributed by atoms with E-state index < -0.39 is 11.7 Å². The van der Waals surface area contributed by atoms with Crippen molar-refractivity contribution in [2.45, 2.75) is 25.6 Å². The van der Waals surface area contributed by atoms with Crippen LogP contribution in [0.2, 0.25) is 0 Å². The summed E-state index contributed by atoms with van der Waals surface area (Å²) < 4.78 is 43.5. The summed E-state index contributed by atoms with van der Waals surface area (Å²) >= 11 is 1.54. The molecule has 0 saturated heterocycles. The first kappa shape index (κ1) is 19.9. The first-order valence-corrected chi connectivity index (χ1v) is 10.2. The Balaban J connectivity index is 1.42. The van der Waals surface area contributed by atoms with Gasteiger partial charge in [-0.3, -0.25) is 4.90 Å². The highest BCUT2D eigenvalue weighted by molar-refractivity contribution is 7.15. The van der Waals surface area contributed by atoms with Crippen LogP contribution in [0, 0.1) is 0 Å². The molecule has 0 bridgehead atoms. The van der Waals surface area contributed by atoms with E-state index in [4.69, 9.17) is 4.74 Å². The number of methoxy groups -OCH3 is 1. The lowest BCUT2D eigenvalue weighted by Gasteiger charge is -2.18. The number of rotatable bonds is 4. The van der Waals surface area contributed by atoms with Crippen LogP contribution >= 0.6 is 11.3 Å². The summed E-state index contributed by atoms with van der Waals surface area (Å²) in [6.45, 7) is 2.71. The van der Waals surface area contributed by atoms with Crippen molar-refractivity contribution in [2.24, 2.45) is 0 Å². The third-order valence-corrected chi connectivity index (χ3v) is 6.23. The second-order valence-electron chi connectivity index (χ2n) is 7.12. The lowest BCUT2D eigenvalue weighted by Crippen LogP contribution is -2.25. The van der Waals surface area contributed by atoms with Gasteiger partial charge < -0.3 is 4.74 Å². The minimum Gasteiger partial charge on any atom is -0.497 e. The van der Waals surface area contributed by atoms with Gasteiger partial charge in [0, 0.05) is 36.3 Å². The van der Waals surface area contributed by atoms with Crippen molar-refractivity contribution in [3.05, 3.63) is 70.2 Å². The summed E-state index contributed by atoms with van der Waals surface area (Å²) in [5, 5.41) is 0.747. The molecule has 29 heavy (non-hydrogen) atoms. The number of nitrogens with zero attached hydrogens (tertiary/aromatic N) is 2. The van der Waals surface area contributed by atoms with Crippen LogP contribution in [0.15, 0.2) is 48.7 Å². The van der Waals surface area contributed by atoms with Crippen molar-refractivity contribution < 1.29 is 17.9 Å². The van der Waals surface area contributed by atoms with Crippen LogP contribution in [0.3, 0.4) is 0 Å². The van der Waals surface area contributed by atoms with Crippen molar-refractivity contribution in [1.82, 2.24) is 9.88 Å². The van der Waals surface area contributed by atoms with E-state index >= 15 is 0 Å². The van der Waals surface area contributed by atoms with Crippen LogP contribution in [0.25, 0.3) is 10.6 Å². The molecule has 7 heteroatoms. The number of fused-ring (bicyclic) bond motifs is 1. The van der Waals surface area contributed by atoms with Crippen LogP contribution in [-0.2, 0) is 25.6 Å². The fourth-order valence-corrected chi connectivity index (χ4v) is 4.53. The quantitative estimate of drug-likeness (QED) is 0.564. The maximum atomic E-state index is 12.7. The molecule has 0 N–H and O–H groups in total. The minimum absolute atomic E-state index is 0.640. The van der Waals surface area contributed by atoms with E-state index in [1.807, 2.05) is 12.3 Å². The van der Waals surface area contributed by atoms with E-state index in [1.165, 1.54) is 34.6 Å². The van der Waals surface area contributed by atoms with Gasteiger partial charge >= 0.3 is 6.18 Å². The van der Waals surface area contributed by atoms with Gasteiger partial charge in [-0.25, -0.2) is 4.98 Å². The van der Waals surface area contributed by atoms with Gasteiger partial charge in [0.05, 0.1) is 12.7 Å². The molecule has 0 amide bonds. The number of thiazole rings is 1. The topological polar surface area (TPSA) is 25.4 Å². The number of halogens is 3. The number of hydrogen-bond acceptors (Lipinski definition) is 4. The molecular weight excluding hydrogens is 397 g/mol. The van der Waals surface area contributed by atoms with Gasteiger partial charge in [-0.2, -0.15) is 13.2 Å². The minimum atomic E-state index is -4.32. The molecule has 3 nitrogen and oxygen atoms in total. The highest BCUT2D eigenvalue weighted by Gasteiger charge is 2.30. The molecular formula is C22H21F3N2OS. The van der Waals surface area contributed by atoms with E-state index in [2.05, 4.69) is 22.0 Å². The van der Waals surface area contributed by atoms with Crippen LogP contribution in [-0.4, -0.2) is 30.1 Å². The number of benzene rings is 2. The predicted molar refractivity (Wildman–Crippen MR) is 108 cm³/mol. The molecule has 0 aliphatic carbocycles. The molecule has 2 aromatic carbocycles. The van der Waals surface area contributed by atoms with Gasteiger partial charge in [0.25, 0.3) is 0 Å². The molecule has 0 unspecified atom stereocenters. The second-order valence-corrected chi connectivity index (χ2v) is 8.23. The summed E-state index contributed by atoms with van der Waals surface area (Å²) in [4.78, 5) is 7.94. The first-order valence-electron chi connectivity index (χ1n) is 9.43. The van der Waals surface area contributed by atoms with E-state index in [1.54, 1.807) is 7.11 Å². The Hall–Kier alpha value is -2.38. The molecule has 0 saturated carbocycles. The number of ether oxygens (including phenoxy) is 1. The van der Waals surface area contributed by atoms with E-state index in [0.717, 1.165) is 60.2 Å². The summed E-state index contributed by atoms with van der Waals surface area (Å²) in [7, 11) is 1.68.